The van der Waals surface area contributed by atoms with Gasteiger partial charge in [0.05, 0.1) is 0 Å². The Morgan fingerprint density at radius 2 is 2.31 bits per heavy atom. The van der Waals surface area contributed by atoms with Crippen LogP contribution in [0, 0.1) is 5.92 Å². The first-order valence-electron chi connectivity index (χ1n) is 6.32. The highest BCUT2D eigenvalue weighted by Gasteiger charge is 2.24. The van der Waals surface area contributed by atoms with Crippen LogP contribution in [0.3, 0.4) is 0 Å². The number of amides is 1. The zero-order chi connectivity index (χ0) is 12.0. The van der Waals surface area contributed by atoms with Crippen LogP contribution in [0.5, 0.6) is 0 Å². The molecule has 4 nitrogen and oxygen atoms in total. The highest BCUT2D eigenvalue weighted by molar-refractivity contribution is 5.75. The third kappa shape index (κ3) is 4.10. The van der Waals surface area contributed by atoms with Gasteiger partial charge in [-0.2, -0.15) is 0 Å². The molecule has 16 heavy (non-hydrogen) atoms. The molecule has 94 valence electrons. The zero-order valence-corrected chi connectivity index (χ0v) is 10.5. The van der Waals surface area contributed by atoms with E-state index >= 15 is 0 Å². The first-order valence-corrected chi connectivity index (χ1v) is 6.32. The molecule has 0 bridgehead atoms. The van der Waals surface area contributed by atoms with E-state index in [0.717, 1.165) is 32.0 Å². The number of rotatable bonds is 5. The standard InChI is InChI=1S/C12H25N3O/c1-10-5-7-15(11(8-10)9-13)6-3-4-12(16)14-2/h10-11H,3-9,13H2,1-2H3,(H,14,16). The molecule has 1 fully saturated rings. The molecular weight excluding hydrogens is 202 g/mol. The van der Waals surface area contributed by atoms with E-state index in [1.165, 1.54) is 12.8 Å². The second kappa shape index (κ2) is 6.86. The maximum Gasteiger partial charge on any atom is 0.219 e. The summed E-state index contributed by atoms with van der Waals surface area (Å²) in [5, 5.41) is 2.65. The van der Waals surface area contributed by atoms with Crippen molar-refractivity contribution in [1.82, 2.24) is 10.2 Å². The molecule has 0 aromatic carbocycles. The second-order valence-corrected chi connectivity index (χ2v) is 4.83. The van der Waals surface area contributed by atoms with E-state index in [4.69, 9.17) is 5.73 Å². The number of carbonyl (C=O) groups excluding carboxylic acids is 1. The minimum atomic E-state index is 0.134. The molecule has 2 unspecified atom stereocenters. The van der Waals surface area contributed by atoms with Crippen molar-refractivity contribution in [3.05, 3.63) is 0 Å². The molecule has 3 N–H and O–H groups in total. The highest BCUT2D eigenvalue weighted by Crippen LogP contribution is 2.21. The number of hydrogen-bond donors (Lipinski definition) is 2. The largest absolute Gasteiger partial charge is 0.359 e. The van der Waals surface area contributed by atoms with E-state index < -0.39 is 0 Å². The van der Waals surface area contributed by atoms with Crippen LogP contribution in [0.2, 0.25) is 0 Å². The van der Waals surface area contributed by atoms with Crippen molar-refractivity contribution in [2.24, 2.45) is 11.7 Å². The van der Waals surface area contributed by atoms with Gasteiger partial charge in [-0.25, -0.2) is 0 Å². The molecule has 1 aliphatic heterocycles. The molecule has 0 spiro atoms. The molecule has 0 radical (unpaired) electrons. The molecule has 1 amide bonds. The van der Waals surface area contributed by atoms with E-state index in [1.54, 1.807) is 7.05 Å². The Kier molecular flexibility index (Phi) is 5.77. The molecule has 0 aromatic heterocycles. The van der Waals surface area contributed by atoms with Gasteiger partial charge in [-0.1, -0.05) is 6.92 Å². The van der Waals surface area contributed by atoms with Gasteiger partial charge in [0.15, 0.2) is 0 Å². The number of hydrogen-bond acceptors (Lipinski definition) is 3. The summed E-state index contributed by atoms with van der Waals surface area (Å²) in [6.45, 7) is 5.17. The van der Waals surface area contributed by atoms with Crippen LogP contribution < -0.4 is 11.1 Å². The Bertz CT molecular complexity index is 220. The minimum Gasteiger partial charge on any atom is -0.359 e. The van der Waals surface area contributed by atoms with Gasteiger partial charge >= 0.3 is 0 Å². The summed E-state index contributed by atoms with van der Waals surface area (Å²) in [4.78, 5) is 13.5. The van der Waals surface area contributed by atoms with Crippen LogP contribution in [0.4, 0.5) is 0 Å². The lowest BCUT2D eigenvalue weighted by atomic mass is 9.92. The summed E-state index contributed by atoms with van der Waals surface area (Å²) in [5.74, 6) is 0.929. The van der Waals surface area contributed by atoms with Gasteiger partial charge in [-0.05, 0) is 38.3 Å². The van der Waals surface area contributed by atoms with Crippen molar-refractivity contribution >= 4 is 5.91 Å². The van der Waals surface area contributed by atoms with Crippen molar-refractivity contribution in [2.45, 2.75) is 38.6 Å². The van der Waals surface area contributed by atoms with Crippen molar-refractivity contribution in [3.8, 4) is 0 Å². The predicted octanol–water partition coefficient (Wildman–Crippen LogP) is 0.572. The third-order valence-corrected chi connectivity index (χ3v) is 3.50. The summed E-state index contributed by atoms with van der Waals surface area (Å²) in [6, 6.07) is 0.522. The van der Waals surface area contributed by atoms with E-state index in [1.807, 2.05) is 0 Å². The van der Waals surface area contributed by atoms with Gasteiger partial charge in [0, 0.05) is 26.1 Å². The van der Waals surface area contributed by atoms with Crippen LogP contribution >= 0.6 is 0 Å². The van der Waals surface area contributed by atoms with Crippen LogP contribution in [0.25, 0.3) is 0 Å². The molecule has 0 aromatic rings. The number of nitrogens with two attached hydrogens (primary N) is 1. The van der Waals surface area contributed by atoms with E-state index in [0.29, 0.717) is 12.5 Å². The van der Waals surface area contributed by atoms with Gasteiger partial charge in [0.25, 0.3) is 0 Å². The summed E-state index contributed by atoms with van der Waals surface area (Å²) in [5.41, 5.74) is 5.79. The SMILES string of the molecule is CNC(=O)CCCN1CCC(C)CC1CN. The van der Waals surface area contributed by atoms with Crippen molar-refractivity contribution in [2.75, 3.05) is 26.7 Å². The Labute approximate surface area is 98.6 Å². The first-order chi connectivity index (χ1) is 7.67. The Morgan fingerprint density at radius 3 is 2.94 bits per heavy atom. The molecule has 1 heterocycles. The fourth-order valence-corrected chi connectivity index (χ4v) is 2.41. The van der Waals surface area contributed by atoms with Crippen molar-refractivity contribution in [1.29, 1.82) is 0 Å². The quantitative estimate of drug-likeness (QED) is 0.722. The molecule has 0 aliphatic carbocycles. The van der Waals surface area contributed by atoms with Gasteiger partial charge in [0.1, 0.15) is 0 Å². The lowest BCUT2D eigenvalue weighted by Gasteiger charge is -2.37. The van der Waals surface area contributed by atoms with Crippen LogP contribution in [-0.4, -0.2) is 43.5 Å². The maximum atomic E-state index is 11.1. The number of carbonyl (C=O) groups is 1. The molecule has 1 saturated heterocycles. The Balaban J connectivity index is 2.26. The van der Waals surface area contributed by atoms with Crippen LogP contribution in [0.15, 0.2) is 0 Å². The van der Waals surface area contributed by atoms with E-state index in [-0.39, 0.29) is 5.91 Å². The molecule has 1 rings (SSSR count). The van der Waals surface area contributed by atoms with Gasteiger partial charge in [-0.15, -0.1) is 0 Å². The Morgan fingerprint density at radius 1 is 1.56 bits per heavy atom. The molecule has 1 aliphatic rings. The fourth-order valence-electron chi connectivity index (χ4n) is 2.41. The van der Waals surface area contributed by atoms with Crippen molar-refractivity contribution < 1.29 is 4.79 Å². The summed E-state index contributed by atoms with van der Waals surface area (Å²) in [7, 11) is 1.69. The number of nitrogens with zero attached hydrogens (tertiary/aromatic N) is 1. The lowest BCUT2D eigenvalue weighted by Crippen LogP contribution is -2.46. The molecule has 2 atom stereocenters. The average molecular weight is 227 g/mol. The lowest BCUT2D eigenvalue weighted by molar-refractivity contribution is -0.120. The summed E-state index contributed by atoms with van der Waals surface area (Å²) < 4.78 is 0. The Hall–Kier alpha value is -0.610. The summed E-state index contributed by atoms with van der Waals surface area (Å²) in [6.07, 6.45) is 4.03. The second-order valence-electron chi connectivity index (χ2n) is 4.83. The fraction of sp³-hybridized carbons (Fsp3) is 0.917. The average Bonchev–Trinajstić information content (AvgIpc) is 2.30. The zero-order valence-electron chi connectivity index (χ0n) is 10.5. The number of likely N-dealkylation sites (tertiary alicyclic amines) is 1. The molecular formula is C12H25N3O. The van der Waals surface area contributed by atoms with Gasteiger partial charge in [-0.3, -0.25) is 9.69 Å². The smallest absolute Gasteiger partial charge is 0.219 e. The van der Waals surface area contributed by atoms with Crippen molar-refractivity contribution in [3.63, 3.8) is 0 Å². The number of nitrogens with one attached hydrogen (secondary N) is 1. The molecule has 4 heteroatoms. The maximum absolute atomic E-state index is 11.1. The van der Waals surface area contributed by atoms with Crippen LogP contribution in [0.1, 0.15) is 32.6 Å². The monoisotopic (exact) mass is 227 g/mol. The van der Waals surface area contributed by atoms with Gasteiger partial charge in [0.2, 0.25) is 5.91 Å². The predicted molar refractivity (Wildman–Crippen MR) is 66.1 cm³/mol. The van der Waals surface area contributed by atoms with Gasteiger partial charge < -0.3 is 11.1 Å². The van der Waals surface area contributed by atoms with Crippen LogP contribution in [-0.2, 0) is 4.79 Å². The first kappa shape index (κ1) is 13.5. The highest BCUT2D eigenvalue weighted by atomic mass is 16.1. The van der Waals surface area contributed by atoms with E-state index in [9.17, 15) is 4.79 Å². The third-order valence-electron chi connectivity index (χ3n) is 3.50. The van der Waals surface area contributed by atoms with E-state index in [2.05, 4.69) is 17.1 Å². The normalized spacial score (nSPS) is 26.7. The number of piperidine rings is 1. The topological polar surface area (TPSA) is 58.4 Å². The summed E-state index contributed by atoms with van der Waals surface area (Å²) >= 11 is 0. The minimum absolute atomic E-state index is 0.134. The molecule has 0 saturated carbocycles.